The predicted molar refractivity (Wildman–Crippen MR) is 370 cm³/mol. The minimum atomic E-state index is -5.26. The van der Waals surface area contributed by atoms with Crippen molar-refractivity contribution in [3.05, 3.63) is 107 Å². The first-order valence-electron chi connectivity index (χ1n) is 34.1. The van der Waals surface area contributed by atoms with E-state index in [1.165, 1.54) is 0 Å². The Bertz CT molecular complexity index is 3690. The number of carbonyl (C=O) groups excluding carboxylic acids is 13. The van der Waals surface area contributed by atoms with Crippen LogP contribution >= 0.6 is 0 Å². The van der Waals surface area contributed by atoms with Crippen LogP contribution in [0.15, 0.2) is 78.9 Å². The van der Waals surface area contributed by atoms with Crippen LogP contribution in [-0.4, -0.2) is 205 Å². The SMILES string of the molecule is N=C(N)NCCC[C@H]1NC(=O)CNC(=O)[C@@H](CC(=O)O)NC(=O)[C@H](Cc2ccccc2)NC(=O)[C@@H](CCCCNC(=O)CCC(NC(=O)c2ccc([18F])c(C(F)(F)F)c2)C(=O)NCCCC[C@H]2NC(=O)[C@@H](CCCNC(=N)N)NC(=O)CNC(=O)[C@@H](CC(=O)O)NC(=O)[C@H](Cc3ccccc3)NC2=O)NC1=O. The fourth-order valence-electron chi connectivity index (χ4n) is 11.0. The first-order chi connectivity index (χ1) is 50.8. The van der Waals surface area contributed by atoms with Crippen LogP contribution < -0.4 is 91.2 Å². The van der Waals surface area contributed by atoms with Crippen molar-refractivity contribution in [3.8, 4) is 0 Å². The van der Waals surface area contributed by atoms with Crippen LogP contribution in [0.5, 0.6) is 0 Å². The summed E-state index contributed by atoms with van der Waals surface area (Å²) in [5, 5.41) is 71.2. The van der Waals surface area contributed by atoms with Crippen LogP contribution in [0.2, 0.25) is 0 Å². The molecule has 36 nitrogen and oxygen atoms in total. The molecule has 582 valence electrons. The molecule has 2 fully saturated rings. The van der Waals surface area contributed by atoms with E-state index in [0.717, 1.165) is 6.07 Å². The number of hydrogen-bond acceptors (Lipinski definition) is 17. The van der Waals surface area contributed by atoms with Gasteiger partial charge in [0, 0.05) is 51.0 Å². The highest BCUT2D eigenvalue weighted by atomic mass is 19.4. The van der Waals surface area contributed by atoms with Gasteiger partial charge in [0.2, 0.25) is 70.9 Å². The molecule has 0 saturated carbocycles. The highest BCUT2D eigenvalue weighted by molar-refractivity contribution is 6.01. The van der Waals surface area contributed by atoms with Gasteiger partial charge >= 0.3 is 18.1 Å². The van der Waals surface area contributed by atoms with Gasteiger partial charge < -0.3 is 101 Å². The van der Waals surface area contributed by atoms with Crippen molar-refractivity contribution in [2.24, 2.45) is 11.5 Å². The maximum absolute atomic E-state index is 14.4. The van der Waals surface area contributed by atoms with E-state index >= 15 is 0 Å². The van der Waals surface area contributed by atoms with E-state index in [2.05, 4.69) is 79.8 Å². The third-order valence-electron chi connectivity index (χ3n) is 16.5. The Balaban J connectivity index is 1.33. The topological polar surface area (TPSA) is 577 Å². The van der Waals surface area contributed by atoms with Crippen LogP contribution in [0.25, 0.3) is 0 Å². The standard InChI is InChI=1S/C67H89F4N19O17/c68-40-22-21-38(31-39(40)67(69,70)71)55(98)84-45(56(99)77-26-10-8-18-44-62(105)88-47(30-37-15-5-2-6-16-37)64(107)90-49(33-54(96)97)58(101)81-35-52(93)83-42(60(103)86-44)20-12-28-79-66(74)75)23-24-50(91)76-25-9-7-17-43-61(104)87-46(29-36-13-3-1-4-14-36)63(106)89-48(32-53(94)95)57(100)80-34-51(92)82-41(59(102)85-43)19-11-27-78-65(72)73/h1-6,13-16,21-22,31,41-49H,7-12,17-20,23-30,32-35H2,(H,76,91)(H,77,99)(H,80,100)(H,81,101)(H,82,92)(H,83,93)(H,84,98)(H,85,102)(H,86,103)(H,87,104)(H,88,105)(H,89,106)(H,90,107)(H,94,95)(H,96,97)(H4,72,73,78)(H4,74,75,79)/t41-,42-,43-,44-,45?,46+,47+,48-,49-/m1/s1/i68-1. The summed E-state index contributed by atoms with van der Waals surface area (Å²) in [5.74, 6) is -18.4. The van der Waals surface area contributed by atoms with Gasteiger partial charge in [-0.2, -0.15) is 13.2 Å². The zero-order valence-corrected chi connectivity index (χ0v) is 57.9. The van der Waals surface area contributed by atoms with Crippen molar-refractivity contribution in [1.82, 2.24) is 79.8 Å². The summed E-state index contributed by atoms with van der Waals surface area (Å²) in [4.78, 5) is 203. The minimum absolute atomic E-state index is 0.0311. The Morgan fingerprint density at radius 1 is 0.477 bits per heavy atom. The van der Waals surface area contributed by atoms with E-state index in [1.54, 1.807) is 60.7 Å². The van der Waals surface area contributed by atoms with Gasteiger partial charge in [0.25, 0.3) is 5.91 Å². The van der Waals surface area contributed by atoms with Crippen molar-refractivity contribution in [2.45, 2.75) is 163 Å². The molecule has 9 atom stereocenters. The van der Waals surface area contributed by atoms with Crippen molar-refractivity contribution in [1.29, 1.82) is 10.8 Å². The number of carbonyl (C=O) groups is 15. The number of nitrogens with two attached hydrogens (primary N) is 2. The zero-order valence-electron chi connectivity index (χ0n) is 57.9. The normalized spacial score (nSPS) is 20.4. The molecule has 1 unspecified atom stereocenters. The fourth-order valence-corrected chi connectivity index (χ4v) is 11.0. The highest BCUT2D eigenvalue weighted by Crippen LogP contribution is 2.32. The quantitative estimate of drug-likeness (QED) is 0.0124. The number of alkyl halides is 3. The number of aliphatic carboxylic acids is 2. The first kappa shape index (κ1) is 85.6. The van der Waals surface area contributed by atoms with Crippen molar-refractivity contribution >= 4 is 101 Å². The number of benzene rings is 3. The molecule has 2 aliphatic rings. The van der Waals surface area contributed by atoms with E-state index < -0.39 is 217 Å². The molecule has 0 aliphatic carbocycles. The summed E-state index contributed by atoms with van der Waals surface area (Å²) in [5.41, 5.74) is 9.27. The van der Waals surface area contributed by atoms with Crippen LogP contribution in [0.1, 0.15) is 117 Å². The van der Waals surface area contributed by atoms with Crippen molar-refractivity contribution in [3.63, 3.8) is 0 Å². The number of halogens is 4. The Morgan fingerprint density at radius 3 is 1.26 bits per heavy atom. The predicted octanol–water partition coefficient (Wildman–Crippen LogP) is -3.60. The van der Waals surface area contributed by atoms with Crippen molar-refractivity contribution < 1.29 is 99.7 Å². The Morgan fingerprint density at radius 2 is 0.850 bits per heavy atom. The molecule has 3 aromatic carbocycles. The number of amides is 13. The summed E-state index contributed by atoms with van der Waals surface area (Å²) >= 11 is 0. The average Bonchev–Trinajstić information content (AvgIpc) is 0.840. The molecule has 23 N–H and O–H groups in total. The van der Waals surface area contributed by atoms with E-state index in [-0.39, 0.29) is 109 Å². The lowest BCUT2D eigenvalue weighted by atomic mass is 10.0. The summed E-state index contributed by atoms with van der Waals surface area (Å²) in [6.07, 6.45) is -9.10. The average molecular weight is 1510 g/mol. The van der Waals surface area contributed by atoms with E-state index in [4.69, 9.17) is 22.3 Å². The molecule has 0 aromatic heterocycles. The third kappa shape index (κ3) is 31.1. The second-order valence-corrected chi connectivity index (χ2v) is 25.0. The van der Waals surface area contributed by atoms with Gasteiger partial charge in [-0.15, -0.1) is 0 Å². The van der Waals surface area contributed by atoms with E-state index in [1.807, 2.05) is 0 Å². The highest BCUT2D eigenvalue weighted by Gasteiger charge is 2.38. The monoisotopic (exact) mass is 1510 g/mol. The zero-order chi connectivity index (χ0) is 78.8. The molecule has 13 amide bonds. The van der Waals surface area contributed by atoms with E-state index in [0.29, 0.717) is 17.2 Å². The lowest BCUT2D eigenvalue weighted by Crippen LogP contribution is -2.58. The van der Waals surface area contributed by atoms with Gasteiger partial charge in [-0.25, -0.2) is 4.39 Å². The second-order valence-electron chi connectivity index (χ2n) is 25.0. The number of nitrogens with one attached hydrogen (secondary N) is 17. The molecule has 0 bridgehead atoms. The fraction of sp³-hybridized carbons (Fsp3) is 0.478. The molecule has 5 rings (SSSR count). The smallest absolute Gasteiger partial charge is 0.419 e. The molecule has 3 aromatic rings. The van der Waals surface area contributed by atoms with Crippen LogP contribution in [0.3, 0.4) is 0 Å². The Labute approximate surface area is 609 Å². The molecule has 40 heteroatoms. The lowest BCUT2D eigenvalue weighted by molar-refractivity contribution is -0.141. The number of guanidine groups is 2. The number of carboxylic acids is 2. The molecule has 107 heavy (non-hydrogen) atoms. The van der Waals surface area contributed by atoms with Gasteiger partial charge in [0.1, 0.15) is 60.2 Å². The number of unbranched alkanes of at least 4 members (excludes halogenated alkanes) is 2. The summed E-state index contributed by atoms with van der Waals surface area (Å²) in [6, 6.07) is 3.67. The van der Waals surface area contributed by atoms with Gasteiger partial charge in [0.15, 0.2) is 11.9 Å². The van der Waals surface area contributed by atoms with Crippen LogP contribution in [0, 0.1) is 16.6 Å². The maximum Gasteiger partial charge on any atom is 0.419 e. The molecule has 2 heterocycles. The van der Waals surface area contributed by atoms with Crippen molar-refractivity contribution in [2.75, 3.05) is 39.3 Å². The number of rotatable bonds is 32. The molecular formula is C67H89F4N19O17. The van der Waals surface area contributed by atoms with Crippen LogP contribution in [0.4, 0.5) is 17.6 Å². The van der Waals surface area contributed by atoms with Gasteiger partial charge in [-0.1, -0.05) is 60.7 Å². The molecular weight excluding hydrogens is 1420 g/mol. The van der Waals surface area contributed by atoms with E-state index in [9.17, 15) is 99.7 Å². The lowest BCUT2D eigenvalue weighted by Gasteiger charge is -2.26. The van der Waals surface area contributed by atoms with Gasteiger partial charge in [0.05, 0.1) is 31.5 Å². The first-order valence-corrected chi connectivity index (χ1v) is 34.1. The molecule has 2 aliphatic heterocycles. The van der Waals surface area contributed by atoms with Gasteiger partial charge in [-0.05, 0) is 100.0 Å². The molecule has 2 saturated heterocycles. The third-order valence-corrected chi connectivity index (χ3v) is 16.5. The minimum Gasteiger partial charge on any atom is -0.481 e. The summed E-state index contributed by atoms with van der Waals surface area (Å²) < 4.78 is 55.9. The number of carboxylic acid groups (broad SMARTS) is 2. The maximum atomic E-state index is 14.4. The second kappa shape index (κ2) is 43.3. The Hall–Kier alpha value is -12.0. The van der Waals surface area contributed by atoms with Gasteiger partial charge in [-0.3, -0.25) is 82.7 Å². The Kier molecular flexibility index (Phi) is 34.6. The summed E-state index contributed by atoms with van der Waals surface area (Å²) in [7, 11) is 0. The van der Waals surface area contributed by atoms with Crippen LogP contribution in [-0.2, 0) is 86.1 Å². The molecule has 0 spiro atoms. The largest absolute Gasteiger partial charge is 0.481 e. The summed E-state index contributed by atoms with van der Waals surface area (Å²) in [6.45, 7) is -1.90. The number of hydrogen-bond donors (Lipinski definition) is 21. The molecule has 0 radical (unpaired) electrons.